The Balaban J connectivity index is 1.71. The van der Waals surface area contributed by atoms with Crippen LogP contribution in [0.3, 0.4) is 0 Å². The standard InChI is InChI=1S/C17H18N2O2/c1-2-10-3-4-14-16-12(5-6-19(14)9-10)13-7-11(20)8-15(21)17(13)18-16/h2-4,7-9,12,14,16,18,20-21H,1,5-6H2. The van der Waals surface area contributed by atoms with Crippen LogP contribution in [0.1, 0.15) is 17.9 Å². The minimum Gasteiger partial charge on any atom is -0.508 e. The molecule has 0 spiro atoms. The molecule has 0 saturated carbocycles. The van der Waals surface area contributed by atoms with Gasteiger partial charge in [0.2, 0.25) is 0 Å². The molecule has 21 heavy (non-hydrogen) atoms. The third-order valence-corrected chi connectivity index (χ3v) is 4.76. The summed E-state index contributed by atoms with van der Waals surface area (Å²) in [5.41, 5.74) is 2.93. The van der Waals surface area contributed by atoms with Crippen LogP contribution in [0.5, 0.6) is 11.5 Å². The molecule has 3 heterocycles. The number of benzene rings is 1. The summed E-state index contributed by atoms with van der Waals surface area (Å²) in [6, 6.07) is 3.66. The van der Waals surface area contributed by atoms with Crippen molar-refractivity contribution in [2.24, 2.45) is 0 Å². The highest BCUT2D eigenvalue weighted by Crippen LogP contribution is 2.49. The van der Waals surface area contributed by atoms with Crippen LogP contribution in [0.15, 0.2) is 48.7 Å². The van der Waals surface area contributed by atoms with Gasteiger partial charge >= 0.3 is 0 Å². The van der Waals surface area contributed by atoms with Gasteiger partial charge in [0.15, 0.2) is 0 Å². The Morgan fingerprint density at radius 1 is 1.33 bits per heavy atom. The van der Waals surface area contributed by atoms with Gasteiger partial charge in [0.25, 0.3) is 0 Å². The van der Waals surface area contributed by atoms with Gasteiger partial charge in [-0.3, -0.25) is 0 Å². The number of phenolic OH excluding ortho intramolecular Hbond substituents is 2. The third-order valence-electron chi connectivity index (χ3n) is 4.76. The summed E-state index contributed by atoms with van der Waals surface area (Å²) in [7, 11) is 0. The van der Waals surface area contributed by atoms with Crippen molar-refractivity contribution in [3.63, 3.8) is 0 Å². The summed E-state index contributed by atoms with van der Waals surface area (Å²) < 4.78 is 0. The van der Waals surface area contributed by atoms with Crippen molar-refractivity contribution in [2.75, 3.05) is 11.9 Å². The van der Waals surface area contributed by atoms with Gasteiger partial charge in [0, 0.05) is 24.7 Å². The van der Waals surface area contributed by atoms with Crippen LogP contribution in [0, 0.1) is 0 Å². The van der Waals surface area contributed by atoms with Crippen molar-refractivity contribution in [3.05, 3.63) is 54.3 Å². The van der Waals surface area contributed by atoms with Crippen molar-refractivity contribution in [1.82, 2.24) is 4.90 Å². The largest absolute Gasteiger partial charge is 0.508 e. The third kappa shape index (κ3) is 1.75. The molecular formula is C17H18N2O2. The number of aromatic hydroxyl groups is 2. The van der Waals surface area contributed by atoms with Gasteiger partial charge in [-0.25, -0.2) is 0 Å². The van der Waals surface area contributed by atoms with E-state index in [0.29, 0.717) is 5.92 Å². The summed E-state index contributed by atoms with van der Waals surface area (Å²) in [5, 5.41) is 23.2. The van der Waals surface area contributed by atoms with Crippen LogP contribution < -0.4 is 5.32 Å². The van der Waals surface area contributed by atoms with Gasteiger partial charge in [0.05, 0.1) is 17.8 Å². The maximum atomic E-state index is 10.1. The minimum atomic E-state index is 0.129. The van der Waals surface area contributed by atoms with Gasteiger partial charge in [-0.2, -0.15) is 0 Å². The van der Waals surface area contributed by atoms with Crippen molar-refractivity contribution >= 4 is 5.69 Å². The Hall–Kier alpha value is -2.36. The number of phenols is 2. The number of allylic oxidation sites excluding steroid dienone is 3. The van der Waals surface area contributed by atoms with Crippen LogP contribution in [-0.2, 0) is 0 Å². The number of nitrogens with one attached hydrogen (secondary N) is 1. The molecule has 1 fully saturated rings. The summed E-state index contributed by atoms with van der Waals surface area (Å²) in [5.74, 6) is 0.583. The zero-order valence-corrected chi connectivity index (χ0v) is 11.7. The van der Waals surface area contributed by atoms with E-state index in [9.17, 15) is 10.2 Å². The molecule has 4 rings (SSSR count). The zero-order valence-electron chi connectivity index (χ0n) is 11.7. The molecule has 108 valence electrons. The molecule has 1 aromatic carbocycles. The second-order valence-electron chi connectivity index (χ2n) is 5.92. The smallest absolute Gasteiger partial charge is 0.142 e. The number of piperidine rings is 1. The predicted molar refractivity (Wildman–Crippen MR) is 82.5 cm³/mol. The molecule has 0 aliphatic carbocycles. The Morgan fingerprint density at radius 2 is 2.19 bits per heavy atom. The fourth-order valence-corrected chi connectivity index (χ4v) is 3.79. The van der Waals surface area contributed by atoms with Crippen LogP contribution >= 0.6 is 0 Å². The Labute approximate surface area is 123 Å². The molecule has 3 unspecified atom stereocenters. The second kappa shape index (κ2) is 4.32. The molecule has 3 atom stereocenters. The van der Waals surface area contributed by atoms with Gasteiger partial charge in [-0.15, -0.1) is 0 Å². The number of hydrogen-bond acceptors (Lipinski definition) is 4. The lowest BCUT2D eigenvalue weighted by Gasteiger charge is -2.43. The SMILES string of the molecule is C=CC1=CN2CCC3c4cc(O)cc(O)c4NC3C2C=C1. The lowest BCUT2D eigenvalue weighted by Crippen LogP contribution is -2.50. The highest BCUT2D eigenvalue weighted by atomic mass is 16.3. The Kier molecular flexibility index (Phi) is 2.55. The van der Waals surface area contributed by atoms with E-state index in [0.717, 1.165) is 29.8 Å². The van der Waals surface area contributed by atoms with Crippen molar-refractivity contribution in [2.45, 2.75) is 24.4 Å². The molecular weight excluding hydrogens is 264 g/mol. The van der Waals surface area contributed by atoms with Gasteiger partial charge in [-0.1, -0.05) is 24.8 Å². The van der Waals surface area contributed by atoms with E-state index in [1.54, 1.807) is 6.07 Å². The molecule has 0 aromatic heterocycles. The minimum absolute atomic E-state index is 0.129. The van der Waals surface area contributed by atoms with Crippen LogP contribution in [-0.4, -0.2) is 33.7 Å². The van der Waals surface area contributed by atoms with Gasteiger partial charge in [-0.05, 0) is 23.6 Å². The summed E-state index contributed by atoms with van der Waals surface area (Å²) in [6.07, 6.45) is 9.30. The van der Waals surface area contributed by atoms with Crippen LogP contribution in [0.25, 0.3) is 0 Å². The van der Waals surface area contributed by atoms with E-state index in [-0.39, 0.29) is 23.6 Å². The van der Waals surface area contributed by atoms with Crippen molar-refractivity contribution < 1.29 is 10.2 Å². The van der Waals surface area contributed by atoms with E-state index >= 15 is 0 Å². The summed E-state index contributed by atoms with van der Waals surface area (Å²) in [4.78, 5) is 2.33. The molecule has 0 amide bonds. The number of anilines is 1. The molecule has 4 nitrogen and oxygen atoms in total. The number of rotatable bonds is 1. The average molecular weight is 282 g/mol. The number of hydrogen-bond donors (Lipinski definition) is 3. The lowest BCUT2D eigenvalue weighted by molar-refractivity contribution is 0.214. The monoisotopic (exact) mass is 282 g/mol. The molecule has 3 aliphatic heterocycles. The van der Waals surface area contributed by atoms with Crippen molar-refractivity contribution in [3.8, 4) is 11.5 Å². The maximum Gasteiger partial charge on any atom is 0.142 e. The van der Waals surface area contributed by atoms with Crippen LogP contribution in [0.4, 0.5) is 5.69 Å². The molecule has 3 aliphatic rings. The maximum absolute atomic E-state index is 10.1. The molecule has 1 aromatic rings. The summed E-state index contributed by atoms with van der Waals surface area (Å²) in [6.45, 7) is 4.78. The molecule has 1 saturated heterocycles. The normalized spacial score (nSPS) is 29.0. The lowest BCUT2D eigenvalue weighted by atomic mass is 9.82. The first-order valence-electron chi connectivity index (χ1n) is 7.28. The summed E-state index contributed by atoms with van der Waals surface area (Å²) >= 11 is 0. The molecule has 0 radical (unpaired) electrons. The first-order valence-corrected chi connectivity index (χ1v) is 7.28. The zero-order chi connectivity index (χ0) is 14.6. The van der Waals surface area contributed by atoms with Gasteiger partial charge < -0.3 is 20.4 Å². The first kappa shape index (κ1) is 12.4. The van der Waals surface area contributed by atoms with E-state index in [1.807, 2.05) is 6.08 Å². The number of fused-ring (bicyclic) bond motifs is 5. The topological polar surface area (TPSA) is 55.7 Å². The highest BCUT2D eigenvalue weighted by Gasteiger charge is 2.43. The highest BCUT2D eigenvalue weighted by molar-refractivity contribution is 5.70. The van der Waals surface area contributed by atoms with E-state index < -0.39 is 0 Å². The fourth-order valence-electron chi connectivity index (χ4n) is 3.79. The second-order valence-corrected chi connectivity index (χ2v) is 5.92. The number of nitrogens with zero attached hydrogens (tertiary/aromatic N) is 1. The quantitative estimate of drug-likeness (QED) is 0.547. The van der Waals surface area contributed by atoms with E-state index in [1.165, 1.54) is 6.07 Å². The average Bonchev–Trinajstić information content (AvgIpc) is 2.86. The van der Waals surface area contributed by atoms with E-state index in [2.05, 4.69) is 35.1 Å². The first-order chi connectivity index (χ1) is 10.2. The Bertz CT molecular complexity index is 678. The van der Waals surface area contributed by atoms with E-state index in [4.69, 9.17) is 0 Å². The fraction of sp³-hybridized carbons (Fsp3) is 0.294. The molecule has 3 N–H and O–H groups in total. The van der Waals surface area contributed by atoms with Gasteiger partial charge in [0.1, 0.15) is 11.5 Å². The molecule has 0 bridgehead atoms. The molecule has 4 heteroatoms. The Morgan fingerprint density at radius 3 is 3.00 bits per heavy atom. The predicted octanol–water partition coefficient (Wildman–Crippen LogP) is 2.69. The van der Waals surface area contributed by atoms with Crippen LogP contribution in [0.2, 0.25) is 0 Å². The van der Waals surface area contributed by atoms with Crippen molar-refractivity contribution in [1.29, 1.82) is 0 Å².